The van der Waals surface area contributed by atoms with Crippen LogP contribution in [0.25, 0.3) is 0 Å². The molecule has 0 bridgehead atoms. The van der Waals surface area contributed by atoms with Gasteiger partial charge in [-0.2, -0.15) is 0 Å². The SMILES string of the molecule is CCN(C(=O)[C@H]1CC1CN)C(C)C. The van der Waals surface area contributed by atoms with E-state index < -0.39 is 0 Å². The van der Waals surface area contributed by atoms with E-state index in [0.29, 0.717) is 24.4 Å². The minimum Gasteiger partial charge on any atom is -0.340 e. The van der Waals surface area contributed by atoms with E-state index >= 15 is 0 Å². The van der Waals surface area contributed by atoms with Crippen molar-refractivity contribution in [2.75, 3.05) is 13.1 Å². The molecule has 0 saturated heterocycles. The van der Waals surface area contributed by atoms with Gasteiger partial charge in [0.2, 0.25) is 5.91 Å². The third kappa shape index (κ3) is 2.21. The zero-order chi connectivity index (χ0) is 10.0. The number of carbonyl (C=O) groups is 1. The summed E-state index contributed by atoms with van der Waals surface area (Å²) in [5, 5.41) is 0. The van der Waals surface area contributed by atoms with Gasteiger partial charge in [-0.3, -0.25) is 4.79 Å². The van der Waals surface area contributed by atoms with Gasteiger partial charge in [-0.15, -0.1) is 0 Å². The molecule has 1 rings (SSSR count). The first kappa shape index (κ1) is 10.5. The van der Waals surface area contributed by atoms with Crippen LogP contribution in [0.5, 0.6) is 0 Å². The molecular formula is C10H20N2O. The number of hydrogen-bond donors (Lipinski definition) is 1. The molecule has 2 N–H and O–H groups in total. The number of nitrogens with zero attached hydrogens (tertiary/aromatic N) is 1. The largest absolute Gasteiger partial charge is 0.340 e. The molecule has 0 aromatic heterocycles. The lowest BCUT2D eigenvalue weighted by Gasteiger charge is -2.25. The smallest absolute Gasteiger partial charge is 0.226 e. The fourth-order valence-corrected chi connectivity index (χ4v) is 1.80. The van der Waals surface area contributed by atoms with Crippen LogP contribution in [0.2, 0.25) is 0 Å². The minimum absolute atomic E-state index is 0.229. The molecule has 1 unspecified atom stereocenters. The molecule has 1 aliphatic rings. The van der Waals surface area contributed by atoms with E-state index in [2.05, 4.69) is 13.8 Å². The summed E-state index contributed by atoms with van der Waals surface area (Å²) in [5.74, 6) is 0.987. The van der Waals surface area contributed by atoms with Crippen molar-refractivity contribution in [1.82, 2.24) is 4.90 Å². The third-order valence-electron chi connectivity index (χ3n) is 2.79. The first-order chi connectivity index (χ1) is 6.11. The highest BCUT2D eigenvalue weighted by molar-refractivity contribution is 5.81. The topological polar surface area (TPSA) is 46.3 Å². The standard InChI is InChI=1S/C10H20N2O/c1-4-12(7(2)3)10(13)9-5-8(9)6-11/h7-9H,4-6,11H2,1-3H3/t8?,9-/m0/s1. The van der Waals surface area contributed by atoms with Crippen molar-refractivity contribution in [3.63, 3.8) is 0 Å². The lowest BCUT2D eigenvalue weighted by atomic mass is 10.2. The van der Waals surface area contributed by atoms with E-state index in [4.69, 9.17) is 5.73 Å². The van der Waals surface area contributed by atoms with Crippen molar-refractivity contribution in [3.8, 4) is 0 Å². The zero-order valence-electron chi connectivity index (χ0n) is 8.79. The van der Waals surface area contributed by atoms with E-state index in [1.807, 2.05) is 11.8 Å². The molecule has 0 radical (unpaired) electrons. The Kier molecular flexibility index (Phi) is 3.31. The maximum absolute atomic E-state index is 11.8. The Bertz CT molecular complexity index is 191. The Morgan fingerprint density at radius 3 is 2.54 bits per heavy atom. The molecule has 0 aromatic carbocycles. The van der Waals surface area contributed by atoms with Gasteiger partial charge in [-0.25, -0.2) is 0 Å². The molecule has 0 heterocycles. The fourth-order valence-electron chi connectivity index (χ4n) is 1.80. The first-order valence-corrected chi connectivity index (χ1v) is 5.12. The van der Waals surface area contributed by atoms with E-state index in [0.717, 1.165) is 13.0 Å². The Morgan fingerprint density at radius 1 is 1.62 bits per heavy atom. The predicted octanol–water partition coefficient (Wildman–Crippen LogP) is 0.838. The Balaban J connectivity index is 2.47. The van der Waals surface area contributed by atoms with Crippen molar-refractivity contribution >= 4 is 5.91 Å². The highest BCUT2D eigenvalue weighted by Gasteiger charge is 2.43. The van der Waals surface area contributed by atoms with Crippen molar-refractivity contribution in [1.29, 1.82) is 0 Å². The van der Waals surface area contributed by atoms with Gasteiger partial charge in [0.15, 0.2) is 0 Å². The molecule has 13 heavy (non-hydrogen) atoms. The Morgan fingerprint density at radius 2 is 2.23 bits per heavy atom. The van der Waals surface area contributed by atoms with Gasteiger partial charge in [0.25, 0.3) is 0 Å². The molecule has 3 nitrogen and oxygen atoms in total. The Hall–Kier alpha value is -0.570. The second-order valence-corrected chi connectivity index (χ2v) is 4.06. The van der Waals surface area contributed by atoms with E-state index in [1.165, 1.54) is 0 Å². The van der Waals surface area contributed by atoms with Crippen LogP contribution < -0.4 is 5.73 Å². The lowest BCUT2D eigenvalue weighted by molar-refractivity contribution is -0.134. The summed E-state index contributed by atoms with van der Waals surface area (Å²) in [6.07, 6.45) is 0.999. The highest BCUT2D eigenvalue weighted by atomic mass is 16.2. The zero-order valence-corrected chi connectivity index (χ0v) is 8.79. The van der Waals surface area contributed by atoms with Crippen LogP contribution in [0.15, 0.2) is 0 Å². The molecule has 1 aliphatic carbocycles. The summed E-state index contributed by atoms with van der Waals surface area (Å²) in [6.45, 7) is 7.61. The van der Waals surface area contributed by atoms with Crippen LogP contribution in [0, 0.1) is 11.8 Å². The molecule has 1 saturated carbocycles. The van der Waals surface area contributed by atoms with E-state index in [-0.39, 0.29) is 5.92 Å². The van der Waals surface area contributed by atoms with Crippen molar-refractivity contribution in [2.45, 2.75) is 33.2 Å². The van der Waals surface area contributed by atoms with Crippen LogP contribution in [-0.2, 0) is 4.79 Å². The summed E-state index contributed by atoms with van der Waals surface area (Å²) in [5.41, 5.74) is 5.51. The van der Waals surface area contributed by atoms with E-state index in [9.17, 15) is 4.79 Å². The van der Waals surface area contributed by atoms with Crippen molar-refractivity contribution < 1.29 is 4.79 Å². The number of hydrogen-bond acceptors (Lipinski definition) is 2. The molecule has 0 aliphatic heterocycles. The molecule has 3 heteroatoms. The molecule has 0 spiro atoms. The summed E-state index contributed by atoms with van der Waals surface area (Å²) in [4.78, 5) is 13.7. The summed E-state index contributed by atoms with van der Waals surface area (Å²) < 4.78 is 0. The van der Waals surface area contributed by atoms with Gasteiger partial charge in [0.1, 0.15) is 0 Å². The first-order valence-electron chi connectivity index (χ1n) is 5.12. The van der Waals surface area contributed by atoms with E-state index in [1.54, 1.807) is 0 Å². The van der Waals surface area contributed by atoms with Gasteiger partial charge < -0.3 is 10.6 Å². The van der Waals surface area contributed by atoms with Crippen LogP contribution in [0.3, 0.4) is 0 Å². The fraction of sp³-hybridized carbons (Fsp3) is 0.900. The van der Waals surface area contributed by atoms with Crippen LogP contribution in [-0.4, -0.2) is 29.9 Å². The van der Waals surface area contributed by atoms with Gasteiger partial charge >= 0.3 is 0 Å². The van der Waals surface area contributed by atoms with Gasteiger partial charge in [-0.05, 0) is 39.7 Å². The maximum Gasteiger partial charge on any atom is 0.226 e. The molecule has 1 amide bonds. The van der Waals surface area contributed by atoms with Crippen LogP contribution in [0.4, 0.5) is 0 Å². The summed E-state index contributed by atoms with van der Waals surface area (Å²) in [6, 6.07) is 0.316. The predicted molar refractivity (Wildman–Crippen MR) is 53.2 cm³/mol. The molecule has 2 atom stereocenters. The normalized spacial score (nSPS) is 26.2. The lowest BCUT2D eigenvalue weighted by Crippen LogP contribution is -2.38. The third-order valence-corrected chi connectivity index (χ3v) is 2.79. The average molecular weight is 184 g/mol. The van der Waals surface area contributed by atoms with Crippen molar-refractivity contribution in [2.24, 2.45) is 17.6 Å². The minimum atomic E-state index is 0.229. The Labute approximate surface area is 80.3 Å². The van der Waals surface area contributed by atoms with Crippen LogP contribution >= 0.6 is 0 Å². The molecule has 0 aromatic rings. The summed E-state index contributed by atoms with van der Waals surface area (Å²) in [7, 11) is 0. The molecular weight excluding hydrogens is 164 g/mol. The quantitative estimate of drug-likeness (QED) is 0.703. The number of carbonyl (C=O) groups excluding carboxylic acids is 1. The second-order valence-electron chi connectivity index (χ2n) is 4.06. The van der Waals surface area contributed by atoms with Gasteiger partial charge in [-0.1, -0.05) is 0 Å². The van der Waals surface area contributed by atoms with Gasteiger partial charge in [0.05, 0.1) is 0 Å². The highest BCUT2D eigenvalue weighted by Crippen LogP contribution is 2.39. The molecule has 1 fully saturated rings. The summed E-state index contributed by atoms with van der Waals surface area (Å²) >= 11 is 0. The number of rotatable bonds is 4. The van der Waals surface area contributed by atoms with Crippen molar-refractivity contribution in [3.05, 3.63) is 0 Å². The maximum atomic E-state index is 11.8. The second kappa shape index (κ2) is 4.09. The van der Waals surface area contributed by atoms with Crippen LogP contribution in [0.1, 0.15) is 27.2 Å². The molecule has 76 valence electrons. The van der Waals surface area contributed by atoms with Gasteiger partial charge in [0, 0.05) is 18.5 Å². The average Bonchev–Trinajstić information content (AvgIpc) is 2.83. The monoisotopic (exact) mass is 184 g/mol. The number of nitrogens with two attached hydrogens (primary N) is 1. The number of amides is 1.